The highest BCUT2D eigenvalue weighted by molar-refractivity contribution is 5.90. The fraction of sp³-hybridized carbons (Fsp3) is 0.389. The van der Waals surface area contributed by atoms with Crippen LogP contribution < -0.4 is 11.1 Å². The summed E-state index contributed by atoms with van der Waals surface area (Å²) in [5, 5.41) is 3.43. The van der Waals surface area contributed by atoms with Gasteiger partial charge in [-0.15, -0.1) is 0 Å². The molecule has 1 aliphatic heterocycles. The summed E-state index contributed by atoms with van der Waals surface area (Å²) in [5.74, 6) is -0.427. The monoisotopic (exact) mass is 343 g/mol. The molecule has 0 bridgehead atoms. The molecule has 1 fully saturated rings. The molecule has 3 N–H and O–H groups in total. The van der Waals surface area contributed by atoms with E-state index in [0.717, 1.165) is 25.1 Å². The number of benzene rings is 1. The van der Waals surface area contributed by atoms with Gasteiger partial charge >= 0.3 is 0 Å². The van der Waals surface area contributed by atoms with Crippen LogP contribution in [0.1, 0.15) is 41.0 Å². The Balaban J connectivity index is 1.94. The van der Waals surface area contributed by atoms with E-state index in [0.29, 0.717) is 11.5 Å². The molecule has 1 saturated heterocycles. The molecule has 1 aromatic heterocycles. The summed E-state index contributed by atoms with van der Waals surface area (Å²) in [5.41, 5.74) is 7.01. The van der Waals surface area contributed by atoms with E-state index in [1.807, 2.05) is 6.92 Å². The average Bonchev–Trinajstić information content (AvgIpc) is 3.00. The first-order chi connectivity index (χ1) is 11.9. The normalized spacial score (nSPS) is 18.9. The van der Waals surface area contributed by atoms with E-state index >= 15 is 0 Å². The molecule has 0 aliphatic carbocycles. The van der Waals surface area contributed by atoms with Crippen LogP contribution in [0.5, 0.6) is 0 Å². The molecule has 25 heavy (non-hydrogen) atoms. The molecule has 1 amide bonds. The van der Waals surface area contributed by atoms with Crippen LogP contribution in [0.2, 0.25) is 0 Å². The minimum absolute atomic E-state index is 0.123. The molecule has 2 atom stereocenters. The number of halogens is 1. The number of nitrogens with two attached hydrogens (primary N) is 1. The number of carbonyl (C=O) groups excluding carboxylic acids is 1. The molecule has 3 rings (SSSR count). The molecule has 2 aromatic rings. The standard InChI is InChI=1S/C18H22FN5O/c1-11(12-3-5-13(19)6-4-12)16-18(21-9-15(23-16)17(20)25)22-14-7-8-24(2)10-14/h3-6,9,11,14H,7-8,10H2,1-2H3,(H2,20,25)(H,21,22)/t11-,14+/m0/s1. The number of amides is 1. The van der Waals surface area contributed by atoms with Gasteiger partial charge in [-0.2, -0.15) is 0 Å². The van der Waals surface area contributed by atoms with Crippen LogP contribution in [0, 0.1) is 5.82 Å². The Labute approximate surface area is 146 Å². The lowest BCUT2D eigenvalue weighted by Crippen LogP contribution is -2.26. The maximum absolute atomic E-state index is 13.2. The molecule has 0 spiro atoms. The van der Waals surface area contributed by atoms with E-state index in [9.17, 15) is 9.18 Å². The van der Waals surface area contributed by atoms with Gasteiger partial charge in [-0.3, -0.25) is 4.79 Å². The van der Waals surface area contributed by atoms with E-state index < -0.39 is 5.91 Å². The Hall–Kier alpha value is -2.54. The van der Waals surface area contributed by atoms with Crippen LogP contribution in [0.3, 0.4) is 0 Å². The Bertz CT molecular complexity index is 765. The molecule has 1 aliphatic rings. The number of aromatic nitrogens is 2. The third kappa shape index (κ3) is 3.93. The highest BCUT2D eigenvalue weighted by Crippen LogP contribution is 2.28. The van der Waals surface area contributed by atoms with Crippen LogP contribution in [0.4, 0.5) is 10.2 Å². The number of nitrogens with one attached hydrogen (secondary N) is 1. The number of hydrogen-bond donors (Lipinski definition) is 2. The second kappa shape index (κ2) is 7.14. The first kappa shape index (κ1) is 17.3. The smallest absolute Gasteiger partial charge is 0.268 e. The molecule has 7 heteroatoms. The lowest BCUT2D eigenvalue weighted by atomic mass is 9.97. The Morgan fingerprint density at radius 2 is 2.12 bits per heavy atom. The fourth-order valence-corrected chi connectivity index (χ4v) is 3.09. The second-order valence-electron chi connectivity index (χ2n) is 6.52. The van der Waals surface area contributed by atoms with Crippen molar-refractivity contribution in [3.05, 3.63) is 53.2 Å². The van der Waals surface area contributed by atoms with Gasteiger partial charge < -0.3 is 16.0 Å². The second-order valence-corrected chi connectivity index (χ2v) is 6.52. The molecule has 1 aromatic carbocycles. The molecular formula is C18H22FN5O. The summed E-state index contributed by atoms with van der Waals surface area (Å²) >= 11 is 0. The third-order valence-corrected chi connectivity index (χ3v) is 4.56. The molecular weight excluding hydrogens is 321 g/mol. The number of likely N-dealkylation sites (N-methyl/N-ethyl adjacent to an activating group) is 1. The van der Waals surface area contributed by atoms with E-state index in [-0.39, 0.29) is 23.5 Å². The van der Waals surface area contributed by atoms with Crippen LogP contribution in [0.25, 0.3) is 0 Å². The molecule has 0 unspecified atom stereocenters. The van der Waals surface area contributed by atoms with Crippen molar-refractivity contribution in [1.82, 2.24) is 14.9 Å². The number of anilines is 1. The van der Waals surface area contributed by atoms with Crippen LogP contribution in [-0.2, 0) is 0 Å². The van der Waals surface area contributed by atoms with Crippen molar-refractivity contribution in [2.75, 3.05) is 25.5 Å². The number of likely N-dealkylation sites (tertiary alicyclic amines) is 1. The van der Waals surface area contributed by atoms with Gasteiger partial charge in [0.15, 0.2) is 0 Å². The third-order valence-electron chi connectivity index (χ3n) is 4.56. The van der Waals surface area contributed by atoms with Crippen molar-refractivity contribution in [3.63, 3.8) is 0 Å². The number of hydrogen-bond acceptors (Lipinski definition) is 5. The highest BCUT2D eigenvalue weighted by Gasteiger charge is 2.24. The summed E-state index contributed by atoms with van der Waals surface area (Å²) in [7, 11) is 2.07. The predicted octanol–water partition coefficient (Wildman–Crippen LogP) is 1.98. The molecule has 0 saturated carbocycles. The summed E-state index contributed by atoms with van der Waals surface area (Å²) in [6.45, 7) is 3.89. The van der Waals surface area contributed by atoms with Crippen molar-refractivity contribution in [2.45, 2.75) is 25.3 Å². The van der Waals surface area contributed by atoms with Crippen molar-refractivity contribution in [2.24, 2.45) is 5.73 Å². The number of rotatable bonds is 5. The quantitative estimate of drug-likeness (QED) is 0.867. The zero-order chi connectivity index (χ0) is 18.0. The van der Waals surface area contributed by atoms with Gasteiger partial charge in [0.05, 0.1) is 11.9 Å². The van der Waals surface area contributed by atoms with Gasteiger partial charge in [-0.05, 0) is 37.7 Å². The molecule has 0 radical (unpaired) electrons. The van der Waals surface area contributed by atoms with Crippen LogP contribution >= 0.6 is 0 Å². The summed E-state index contributed by atoms with van der Waals surface area (Å²) in [6, 6.07) is 6.53. The molecule has 132 valence electrons. The summed E-state index contributed by atoms with van der Waals surface area (Å²) in [6.07, 6.45) is 2.41. The lowest BCUT2D eigenvalue weighted by molar-refractivity contribution is 0.0995. The largest absolute Gasteiger partial charge is 0.364 e. The van der Waals surface area contributed by atoms with E-state index in [2.05, 4.69) is 27.2 Å². The van der Waals surface area contributed by atoms with E-state index in [4.69, 9.17) is 5.73 Å². The topological polar surface area (TPSA) is 84.1 Å². The first-order valence-corrected chi connectivity index (χ1v) is 8.31. The maximum Gasteiger partial charge on any atom is 0.268 e. The van der Waals surface area contributed by atoms with Crippen molar-refractivity contribution < 1.29 is 9.18 Å². The first-order valence-electron chi connectivity index (χ1n) is 8.31. The van der Waals surface area contributed by atoms with Gasteiger partial charge in [0.2, 0.25) is 0 Å². The van der Waals surface area contributed by atoms with Crippen molar-refractivity contribution in [1.29, 1.82) is 0 Å². The Kier molecular flexibility index (Phi) is 4.94. The fourth-order valence-electron chi connectivity index (χ4n) is 3.09. The van der Waals surface area contributed by atoms with Gasteiger partial charge in [-0.1, -0.05) is 19.1 Å². The Morgan fingerprint density at radius 1 is 1.40 bits per heavy atom. The summed E-state index contributed by atoms with van der Waals surface area (Å²) in [4.78, 5) is 22.6. The molecule has 2 heterocycles. The average molecular weight is 343 g/mol. The predicted molar refractivity (Wildman–Crippen MR) is 94.0 cm³/mol. The number of primary amides is 1. The van der Waals surface area contributed by atoms with E-state index in [1.54, 1.807) is 12.1 Å². The zero-order valence-corrected chi connectivity index (χ0v) is 14.4. The zero-order valence-electron chi connectivity index (χ0n) is 14.4. The Morgan fingerprint density at radius 3 is 2.72 bits per heavy atom. The van der Waals surface area contributed by atoms with Crippen molar-refractivity contribution >= 4 is 11.7 Å². The SMILES string of the molecule is C[C@@H](c1ccc(F)cc1)c1nc(C(N)=O)cnc1N[C@@H]1CCN(C)C1. The maximum atomic E-state index is 13.2. The molecule has 6 nitrogen and oxygen atoms in total. The lowest BCUT2D eigenvalue weighted by Gasteiger charge is -2.20. The van der Waals surface area contributed by atoms with Crippen molar-refractivity contribution in [3.8, 4) is 0 Å². The minimum atomic E-state index is -0.618. The number of carbonyl (C=O) groups is 1. The van der Waals surface area contributed by atoms with Crippen LogP contribution in [0.15, 0.2) is 30.5 Å². The minimum Gasteiger partial charge on any atom is -0.364 e. The van der Waals surface area contributed by atoms with E-state index in [1.165, 1.54) is 18.3 Å². The van der Waals surface area contributed by atoms with Gasteiger partial charge in [0, 0.05) is 18.5 Å². The highest BCUT2D eigenvalue weighted by atomic mass is 19.1. The van der Waals surface area contributed by atoms with Gasteiger partial charge in [0.25, 0.3) is 5.91 Å². The van der Waals surface area contributed by atoms with Gasteiger partial charge in [-0.25, -0.2) is 14.4 Å². The van der Waals surface area contributed by atoms with Gasteiger partial charge in [0.1, 0.15) is 17.3 Å². The van der Waals surface area contributed by atoms with Crippen LogP contribution in [-0.4, -0.2) is 47.0 Å². The number of nitrogens with zero attached hydrogens (tertiary/aromatic N) is 3. The summed E-state index contributed by atoms with van der Waals surface area (Å²) < 4.78 is 13.2.